The van der Waals surface area contributed by atoms with E-state index in [2.05, 4.69) is 10.9 Å². The van der Waals surface area contributed by atoms with Crippen LogP contribution in [-0.4, -0.2) is 11.8 Å². The molecule has 4 nitrogen and oxygen atoms in total. The fourth-order valence-electron chi connectivity index (χ4n) is 2.76. The van der Waals surface area contributed by atoms with E-state index in [1.54, 1.807) is 30.3 Å². The van der Waals surface area contributed by atoms with Crippen molar-refractivity contribution in [1.82, 2.24) is 10.9 Å². The van der Waals surface area contributed by atoms with Gasteiger partial charge in [0.1, 0.15) is 0 Å². The molecule has 118 valence electrons. The van der Waals surface area contributed by atoms with Gasteiger partial charge in [-0.3, -0.25) is 20.4 Å². The standard InChI is InChI=1S/C18H17ClN2O2/c19-16-7-3-6-14(11-16)17(22)20-21-18(23)15-9-8-12-4-1-2-5-13(12)10-15/h3,6-11H,1-2,4-5H2,(H,20,22)(H,21,23). The summed E-state index contributed by atoms with van der Waals surface area (Å²) >= 11 is 5.85. The molecule has 0 aliphatic heterocycles. The largest absolute Gasteiger partial charge is 0.269 e. The Balaban J connectivity index is 1.64. The van der Waals surface area contributed by atoms with Gasteiger partial charge < -0.3 is 0 Å². The summed E-state index contributed by atoms with van der Waals surface area (Å²) in [6.07, 6.45) is 4.44. The van der Waals surface area contributed by atoms with Gasteiger partial charge in [-0.15, -0.1) is 0 Å². The predicted molar refractivity (Wildman–Crippen MR) is 89.5 cm³/mol. The number of fused-ring (bicyclic) bond motifs is 1. The fraction of sp³-hybridized carbons (Fsp3) is 0.222. The molecule has 0 bridgehead atoms. The maximum absolute atomic E-state index is 12.2. The van der Waals surface area contributed by atoms with Gasteiger partial charge in [0.05, 0.1) is 0 Å². The lowest BCUT2D eigenvalue weighted by Gasteiger charge is -2.16. The number of aryl methyl sites for hydroxylation is 2. The van der Waals surface area contributed by atoms with Gasteiger partial charge >= 0.3 is 0 Å². The molecule has 0 atom stereocenters. The van der Waals surface area contributed by atoms with Gasteiger partial charge in [-0.1, -0.05) is 23.7 Å². The molecule has 0 heterocycles. The summed E-state index contributed by atoms with van der Waals surface area (Å²) in [6, 6.07) is 12.3. The van der Waals surface area contributed by atoms with Gasteiger partial charge in [-0.2, -0.15) is 0 Å². The fourth-order valence-corrected chi connectivity index (χ4v) is 2.95. The monoisotopic (exact) mass is 328 g/mol. The van der Waals surface area contributed by atoms with Crippen molar-refractivity contribution in [3.8, 4) is 0 Å². The number of hydrogen-bond acceptors (Lipinski definition) is 2. The Bertz CT molecular complexity index is 758. The molecular weight excluding hydrogens is 312 g/mol. The van der Waals surface area contributed by atoms with Crippen molar-refractivity contribution in [3.63, 3.8) is 0 Å². The van der Waals surface area contributed by atoms with E-state index >= 15 is 0 Å². The lowest BCUT2D eigenvalue weighted by molar-refractivity contribution is 0.0846. The van der Waals surface area contributed by atoms with E-state index in [9.17, 15) is 9.59 Å². The predicted octanol–water partition coefficient (Wildman–Crippen LogP) is 3.29. The molecule has 2 aromatic rings. The van der Waals surface area contributed by atoms with Gasteiger partial charge in [-0.05, 0) is 67.1 Å². The minimum atomic E-state index is -0.404. The summed E-state index contributed by atoms with van der Waals surface area (Å²) in [5.41, 5.74) is 8.34. The molecule has 0 radical (unpaired) electrons. The molecule has 0 saturated heterocycles. The maximum Gasteiger partial charge on any atom is 0.269 e. The Morgan fingerprint density at radius 2 is 1.48 bits per heavy atom. The summed E-state index contributed by atoms with van der Waals surface area (Å²) in [5.74, 6) is -0.729. The first-order chi connectivity index (χ1) is 11.1. The number of benzene rings is 2. The number of amides is 2. The lowest BCUT2D eigenvalue weighted by Crippen LogP contribution is -2.41. The quantitative estimate of drug-likeness (QED) is 0.831. The number of carbonyl (C=O) groups is 2. The molecule has 1 aliphatic carbocycles. The van der Waals surface area contributed by atoms with Crippen LogP contribution in [0.3, 0.4) is 0 Å². The second-order valence-electron chi connectivity index (χ2n) is 5.61. The summed E-state index contributed by atoms with van der Waals surface area (Å²) in [6.45, 7) is 0. The zero-order chi connectivity index (χ0) is 16.2. The highest BCUT2D eigenvalue weighted by molar-refractivity contribution is 6.30. The number of hydrazine groups is 1. The number of nitrogens with one attached hydrogen (secondary N) is 2. The first-order valence-electron chi connectivity index (χ1n) is 7.61. The molecule has 0 saturated carbocycles. The average Bonchev–Trinajstić information content (AvgIpc) is 2.59. The van der Waals surface area contributed by atoms with Crippen molar-refractivity contribution >= 4 is 23.4 Å². The van der Waals surface area contributed by atoms with E-state index in [1.807, 2.05) is 12.1 Å². The van der Waals surface area contributed by atoms with Gasteiger partial charge in [-0.25, -0.2) is 0 Å². The second-order valence-corrected chi connectivity index (χ2v) is 6.05. The Morgan fingerprint density at radius 3 is 2.17 bits per heavy atom. The summed E-state index contributed by atoms with van der Waals surface area (Å²) in [5, 5.41) is 0.471. The van der Waals surface area contributed by atoms with Crippen molar-refractivity contribution in [2.24, 2.45) is 0 Å². The number of hydrogen-bond donors (Lipinski definition) is 2. The van der Waals surface area contributed by atoms with Crippen LogP contribution in [0.1, 0.15) is 44.7 Å². The summed E-state index contributed by atoms with van der Waals surface area (Å²) in [7, 11) is 0. The summed E-state index contributed by atoms with van der Waals surface area (Å²) < 4.78 is 0. The minimum Gasteiger partial charge on any atom is -0.267 e. The van der Waals surface area contributed by atoms with Gasteiger partial charge in [0.15, 0.2) is 0 Å². The molecule has 0 unspecified atom stereocenters. The highest BCUT2D eigenvalue weighted by Gasteiger charge is 2.13. The number of rotatable bonds is 2. The van der Waals surface area contributed by atoms with Crippen LogP contribution in [0.2, 0.25) is 5.02 Å². The van der Waals surface area contributed by atoms with Crippen LogP contribution in [-0.2, 0) is 12.8 Å². The lowest BCUT2D eigenvalue weighted by atomic mass is 9.90. The first kappa shape index (κ1) is 15.6. The van der Waals surface area contributed by atoms with Crippen LogP contribution < -0.4 is 10.9 Å². The van der Waals surface area contributed by atoms with Gasteiger partial charge in [0, 0.05) is 16.1 Å². The van der Waals surface area contributed by atoms with Crippen molar-refractivity contribution in [2.75, 3.05) is 0 Å². The number of carbonyl (C=O) groups excluding carboxylic acids is 2. The van der Waals surface area contributed by atoms with E-state index in [1.165, 1.54) is 17.5 Å². The molecule has 0 fully saturated rings. The van der Waals surface area contributed by atoms with E-state index in [0.29, 0.717) is 16.1 Å². The van der Waals surface area contributed by atoms with E-state index in [4.69, 9.17) is 11.6 Å². The molecule has 2 amide bonds. The molecule has 3 rings (SSSR count). The average molecular weight is 329 g/mol. The van der Waals surface area contributed by atoms with Gasteiger partial charge in [0.2, 0.25) is 0 Å². The van der Waals surface area contributed by atoms with E-state index in [-0.39, 0.29) is 5.91 Å². The van der Waals surface area contributed by atoms with Gasteiger partial charge in [0.25, 0.3) is 11.8 Å². The second kappa shape index (κ2) is 6.84. The van der Waals surface area contributed by atoms with Crippen LogP contribution in [0.4, 0.5) is 0 Å². The third kappa shape index (κ3) is 3.71. The highest BCUT2D eigenvalue weighted by atomic mass is 35.5. The van der Waals surface area contributed by atoms with Crippen molar-refractivity contribution in [3.05, 3.63) is 69.7 Å². The third-order valence-corrected chi connectivity index (χ3v) is 4.22. The molecule has 5 heteroatoms. The third-order valence-electron chi connectivity index (χ3n) is 3.99. The number of halogens is 1. The molecule has 0 spiro atoms. The topological polar surface area (TPSA) is 58.2 Å². The molecule has 2 aromatic carbocycles. The normalized spacial score (nSPS) is 13.1. The highest BCUT2D eigenvalue weighted by Crippen LogP contribution is 2.22. The van der Waals surface area contributed by atoms with Crippen molar-refractivity contribution < 1.29 is 9.59 Å². The Labute approximate surface area is 139 Å². The SMILES string of the molecule is O=C(NNC(=O)c1ccc2c(c1)CCCC2)c1cccc(Cl)c1. The Hall–Kier alpha value is -2.33. The summed E-state index contributed by atoms with van der Waals surface area (Å²) in [4.78, 5) is 24.2. The maximum atomic E-state index is 12.2. The van der Waals surface area contributed by atoms with Crippen LogP contribution in [0.25, 0.3) is 0 Å². The van der Waals surface area contributed by atoms with Crippen molar-refractivity contribution in [1.29, 1.82) is 0 Å². The van der Waals surface area contributed by atoms with Crippen molar-refractivity contribution in [2.45, 2.75) is 25.7 Å². The van der Waals surface area contributed by atoms with Crippen LogP contribution in [0, 0.1) is 0 Å². The molecule has 0 aromatic heterocycles. The van der Waals surface area contributed by atoms with E-state index < -0.39 is 5.91 Å². The molecular formula is C18H17ClN2O2. The van der Waals surface area contributed by atoms with Crippen LogP contribution >= 0.6 is 11.6 Å². The molecule has 1 aliphatic rings. The molecule has 23 heavy (non-hydrogen) atoms. The first-order valence-corrected chi connectivity index (χ1v) is 7.99. The van der Waals surface area contributed by atoms with E-state index in [0.717, 1.165) is 19.3 Å². The molecule has 2 N–H and O–H groups in total. The van der Waals surface area contributed by atoms with Crippen LogP contribution in [0.15, 0.2) is 42.5 Å². The Kier molecular flexibility index (Phi) is 4.63. The Morgan fingerprint density at radius 1 is 0.826 bits per heavy atom. The zero-order valence-electron chi connectivity index (χ0n) is 12.6. The smallest absolute Gasteiger partial charge is 0.267 e. The zero-order valence-corrected chi connectivity index (χ0v) is 13.3. The minimum absolute atomic E-state index is 0.325. The van der Waals surface area contributed by atoms with Crippen LogP contribution in [0.5, 0.6) is 0 Å².